The molecule has 0 saturated heterocycles. The largest absolute Gasteiger partial charge is 0.434 e. The molecule has 7 nitrogen and oxygen atoms in total. The number of rotatable bonds is 3. The number of aromatic nitrogens is 4. The van der Waals surface area contributed by atoms with E-state index in [9.17, 15) is 22.8 Å². The third-order valence-electron chi connectivity index (χ3n) is 4.31. The molecule has 0 aliphatic heterocycles. The Kier molecular flexibility index (Phi) is 3.77. The highest BCUT2D eigenvalue weighted by atomic mass is 35.5. The highest BCUT2D eigenvalue weighted by molar-refractivity contribution is 6.32. The Morgan fingerprint density at radius 2 is 2.04 bits per heavy atom. The van der Waals surface area contributed by atoms with E-state index in [2.05, 4.69) is 10.1 Å². The first-order valence-electron chi connectivity index (χ1n) is 7.85. The highest BCUT2D eigenvalue weighted by Crippen LogP contribution is 2.35. The Labute approximate surface area is 154 Å². The molecule has 1 aliphatic rings. The number of nitrogens with two attached hydrogens (primary N) is 1. The molecule has 0 amide bonds. The quantitative estimate of drug-likeness (QED) is 0.541. The van der Waals surface area contributed by atoms with Gasteiger partial charge in [-0.25, -0.2) is 4.98 Å². The molecular weight excluding hydrogens is 387 g/mol. The number of carbonyl (C=O) groups excluding carboxylic acids is 1. The van der Waals surface area contributed by atoms with Crippen LogP contribution in [0.5, 0.6) is 0 Å². The molecule has 3 heterocycles. The number of fused-ring (bicyclic) bond motifs is 1. The van der Waals surface area contributed by atoms with Gasteiger partial charge in [-0.1, -0.05) is 11.6 Å². The average molecular weight is 398 g/mol. The number of pyridine rings is 2. The molecule has 1 saturated carbocycles. The van der Waals surface area contributed by atoms with Crippen molar-refractivity contribution in [3.8, 4) is 0 Å². The van der Waals surface area contributed by atoms with Crippen molar-refractivity contribution in [3.63, 3.8) is 0 Å². The van der Waals surface area contributed by atoms with Crippen LogP contribution in [-0.2, 0) is 6.18 Å². The molecule has 140 valence electrons. The summed E-state index contributed by atoms with van der Waals surface area (Å²) < 4.78 is 39.9. The van der Waals surface area contributed by atoms with Crippen molar-refractivity contribution in [3.05, 3.63) is 56.9 Å². The third-order valence-corrected chi connectivity index (χ3v) is 4.60. The first-order chi connectivity index (χ1) is 12.7. The SMILES string of the molecule is Nn1nc2c(=O)n(C3CC3)ccc2c1C(=O)c1cnc(C(F)(F)F)c(Cl)c1. The summed E-state index contributed by atoms with van der Waals surface area (Å²) in [7, 11) is 0. The van der Waals surface area contributed by atoms with Crippen molar-refractivity contribution in [2.24, 2.45) is 0 Å². The maximum absolute atomic E-state index is 12.8. The fraction of sp³-hybridized carbons (Fsp3) is 0.250. The lowest BCUT2D eigenvalue weighted by Gasteiger charge is -2.09. The smallest absolute Gasteiger partial charge is 0.322 e. The number of alkyl halides is 3. The Bertz CT molecular complexity index is 1150. The van der Waals surface area contributed by atoms with E-state index in [-0.39, 0.29) is 33.8 Å². The number of ketones is 1. The maximum atomic E-state index is 12.8. The van der Waals surface area contributed by atoms with Gasteiger partial charge in [0.25, 0.3) is 5.56 Å². The second-order valence-electron chi connectivity index (χ2n) is 6.20. The molecule has 0 aromatic carbocycles. The van der Waals surface area contributed by atoms with E-state index >= 15 is 0 Å². The zero-order valence-electron chi connectivity index (χ0n) is 13.5. The molecule has 3 aromatic rings. The van der Waals surface area contributed by atoms with E-state index in [1.165, 1.54) is 10.6 Å². The summed E-state index contributed by atoms with van der Waals surface area (Å²) in [5, 5.41) is 3.41. The van der Waals surface area contributed by atoms with Crippen molar-refractivity contribution in [2.45, 2.75) is 25.1 Å². The van der Waals surface area contributed by atoms with Crippen LogP contribution in [0, 0.1) is 0 Å². The fourth-order valence-electron chi connectivity index (χ4n) is 2.88. The summed E-state index contributed by atoms with van der Waals surface area (Å²) >= 11 is 5.62. The first-order valence-corrected chi connectivity index (χ1v) is 8.22. The first kappa shape index (κ1) is 17.5. The maximum Gasteiger partial charge on any atom is 0.434 e. The number of hydrogen-bond acceptors (Lipinski definition) is 5. The van der Waals surface area contributed by atoms with Gasteiger partial charge in [0.15, 0.2) is 11.2 Å². The average Bonchev–Trinajstić information content (AvgIpc) is 3.36. The van der Waals surface area contributed by atoms with Crippen LogP contribution in [0.1, 0.15) is 40.6 Å². The van der Waals surface area contributed by atoms with Crippen LogP contribution in [0.2, 0.25) is 5.02 Å². The zero-order chi connectivity index (χ0) is 19.5. The van der Waals surface area contributed by atoms with Crippen molar-refractivity contribution in [1.82, 2.24) is 19.4 Å². The minimum atomic E-state index is -4.74. The summed E-state index contributed by atoms with van der Waals surface area (Å²) in [6.07, 6.45) is -0.651. The van der Waals surface area contributed by atoms with Crippen LogP contribution >= 0.6 is 11.6 Å². The molecule has 4 rings (SSSR count). The normalized spacial score (nSPS) is 14.7. The number of halogens is 4. The number of carbonyl (C=O) groups is 1. The monoisotopic (exact) mass is 397 g/mol. The Morgan fingerprint density at radius 3 is 2.63 bits per heavy atom. The molecule has 27 heavy (non-hydrogen) atoms. The second-order valence-corrected chi connectivity index (χ2v) is 6.60. The van der Waals surface area contributed by atoms with Gasteiger partial charge < -0.3 is 10.4 Å². The predicted molar refractivity (Wildman–Crippen MR) is 90.1 cm³/mol. The van der Waals surface area contributed by atoms with Gasteiger partial charge in [-0.3, -0.25) is 9.59 Å². The standard InChI is InChI=1S/C16H11ClF3N5O2/c17-10-5-7(6-22-14(10)16(18,19)20)13(26)12-9-3-4-24(8-1-2-8)15(27)11(9)23-25(12)21/h3-6,8H,1-2,21H2. The predicted octanol–water partition coefficient (Wildman–Crippen LogP) is 2.54. The molecule has 3 aromatic heterocycles. The van der Waals surface area contributed by atoms with Gasteiger partial charge in [0.2, 0.25) is 5.78 Å². The molecule has 0 atom stereocenters. The van der Waals surface area contributed by atoms with Crippen molar-refractivity contribution >= 4 is 28.3 Å². The van der Waals surface area contributed by atoms with Crippen molar-refractivity contribution < 1.29 is 18.0 Å². The fourth-order valence-corrected chi connectivity index (χ4v) is 3.16. The molecule has 0 bridgehead atoms. The van der Waals surface area contributed by atoms with Crippen LogP contribution < -0.4 is 11.4 Å². The lowest BCUT2D eigenvalue weighted by Crippen LogP contribution is -2.19. The van der Waals surface area contributed by atoms with E-state index in [1.54, 1.807) is 6.20 Å². The summed E-state index contributed by atoms with van der Waals surface area (Å²) in [5.41, 5.74) is -1.99. The minimum absolute atomic E-state index is 0.0150. The Morgan fingerprint density at radius 1 is 1.33 bits per heavy atom. The molecule has 2 N–H and O–H groups in total. The number of hydrogen-bond donors (Lipinski definition) is 1. The van der Waals surface area contributed by atoms with Crippen LogP contribution in [-0.4, -0.2) is 25.2 Å². The summed E-state index contributed by atoms with van der Waals surface area (Å²) in [5.74, 6) is 5.00. The molecule has 11 heteroatoms. The van der Waals surface area contributed by atoms with Crippen LogP contribution in [0.15, 0.2) is 29.3 Å². The Balaban J connectivity index is 1.81. The second kappa shape index (κ2) is 5.81. The van der Waals surface area contributed by atoms with E-state index < -0.39 is 22.7 Å². The molecule has 0 unspecified atom stereocenters. The summed E-state index contributed by atoms with van der Waals surface area (Å²) in [6.45, 7) is 0. The zero-order valence-corrected chi connectivity index (χ0v) is 14.3. The van der Waals surface area contributed by atoms with E-state index in [4.69, 9.17) is 17.4 Å². The highest BCUT2D eigenvalue weighted by Gasteiger charge is 2.36. The lowest BCUT2D eigenvalue weighted by atomic mass is 10.1. The van der Waals surface area contributed by atoms with Crippen LogP contribution in [0.4, 0.5) is 13.2 Å². The number of nitrogen functional groups attached to an aromatic ring is 1. The summed E-state index contributed by atoms with van der Waals surface area (Å²) in [6, 6.07) is 2.52. The molecular formula is C16H11ClF3N5O2. The summed E-state index contributed by atoms with van der Waals surface area (Å²) in [4.78, 5) is 29.3. The molecule has 0 radical (unpaired) electrons. The van der Waals surface area contributed by atoms with Crippen LogP contribution in [0.25, 0.3) is 10.9 Å². The minimum Gasteiger partial charge on any atom is -0.322 e. The third kappa shape index (κ3) is 2.85. The van der Waals surface area contributed by atoms with E-state index in [0.717, 1.165) is 29.9 Å². The lowest BCUT2D eigenvalue weighted by molar-refractivity contribution is -0.141. The Hall–Kier alpha value is -2.88. The number of nitrogens with zero attached hydrogens (tertiary/aromatic N) is 4. The van der Waals surface area contributed by atoms with Gasteiger partial charge in [-0.2, -0.15) is 18.0 Å². The van der Waals surface area contributed by atoms with E-state index in [1.807, 2.05) is 0 Å². The van der Waals surface area contributed by atoms with Gasteiger partial charge >= 0.3 is 6.18 Å². The van der Waals surface area contributed by atoms with Crippen molar-refractivity contribution in [1.29, 1.82) is 0 Å². The molecule has 0 spiro atoms. The van der Waals surface area contributed by atoms with Crippen molar-refractivity contribution in [2.75, 3.05) is 5.84 Å². The van der Waals surface area contributed by atoms with Gasteiger partial charge in [-0.15, -0.1) is 5.10 Å². The van der Waals surface area contributed by atoms with Crippen LogP contribution in [0.3, 0.4) is 0 Å². The molecule has 1 aliphatic carbocycles. The molecule has 1 fully saturated rings. The van der Waals surface area contributed by atoms with Gasteiger partial charge in [-0.05, 0) is 25.0 Å². The van der Waals surface area contributed by atoms with Gasteiger partial charge in [0.1, 0.15) is 5.69 Å². The van der Waals surface area contributed by atoms with E-state index in [0.29, 0.717) is 0 Å². The topological polar surface area (TPSA) is 95.8 Å². The van der Waals surface area contributed by atoms with Gasteiger partial charge in [0.05, 0.1) is 5.02 Å². The van der Waals surface area contributed by atoms with Gasteiger partial charge in [0, 0.05) is 29.4 Å².